The van der Waals surface area contributed by atoms with E-state index in [1.165, 1.54) is 6.20 Å². The van der Waals surface area contributed by atoms with Gasteiger partial charge >= 0.3 is 0 Å². The van der Waals surface area contributed by atoms with Crippen molar-refractivity contribution < 1.29 is 4.79 Å². The molecule has 2 rings (SSSR count). The molecule has 0 aliphatic heterocycles. The third-order valence-corrected chi connectivity index (χ3v) is 2.27. The molecule has 1 aromatic carbocycles. The highest BCUT2D eigenvalue weighted by atomic mass is 35.5. The molecule has 2 N–H and O–H groups in total. The Bertz CT molecular complexity index is 466. The van der Waals surface area contributed by atoms with Gasteiger partial charge in [-0.1, -0.05) is 23.7 Å². The molecular weight excluding hydrogens is 228 g/mol. The van der Waals surface area contributed by atoms with Gasteiger partial charge in [0, 0.05) is 11.6 Å². The van der Waals surface area contributed by atoms with Crippen molar-refractivity contribution in [1.82, 2.24) is 20.7 Å². The van der Waals surface area contributed by atoms with Crippen LogP contribution in [0.1, 0.15) is 16.1 Å². The fraction of sp³-hybridized carbons (Fsp3) is 0.100. The Kier molecular flexibility index (Phi) is 3.16. The second-order valence-corrected chi connectivity index (χ2v) is 3.60. The highest BCUT2D eigenvalue weighted by Crippen LogP contribution is 2.09. The minimum atomic E-state index is -0.260. The van der Waals surface area contributed by atoms with E-state index in [0.29, 0.717) is 11.6 Å². The second kappa shape index (κ2) is 4.76. The monoisotopic (exact) mass is 236 g/mol. The lowest BCUT2D eigenvalue weighted by Gasteiger charge is -2.02. The summed E-state index contributed by atoms with van der Waals surface area (Å²) in [6.45, 7) is 0.433. The van der Waals surface area contributed by atoms with Crippen molar-refractivity contribution in [2.24, 2.45) is 0 Å². The number of aromatic nitrogens is 3. The van der Waals surface area contributed by atoms with Crippen molar-refractivity contribution in [1.29, 1.82) is 0 Å². The zero-order valence-corrected chi connectivity index (χ0v) is 9.03. The summed E-state index contributed by atoms with van der Waals surface area (Å²) in [5, 5.41) is 13.0. The van der Waals surface area contributed by atoms with Crippen molar-refractivity contribution in [3.63, 3.8) is 0 Å². The number of H-pyrrole nitrogens is 1. The molecule has 16 heavy (non-hydrogen) atoms. The number of hydrogen-bond donors (Lipinski definition) is 2. The molecule has 6 heteroatoms. The fourth-order valence-electron chi connectivity index (χ4n) is 1.19. The fourth-order valence-corrected chi connectivity index (χ4v) is 1.31. The van der Waals surface area contributed by atoms with Crippen LogP contribution < -0.4 is 5.32 Å². The Morgan fingerprint density at radius 2 is 2.12 bits per heavy atom. The number of amides is 1. The van der Waals surface area contributed by atoms with Crippen LogP contribution in [0.15, 0.2) is 30.5 Å². The highest BCUT2D eigenvalue weighted by molar-refractivity contribution is 6.30. The predicted molar refractivity (Wildman–Crippen MR) is 59.0 cm³/mol. The van der Waals surface area contributed by atoms with Gasteiger partial charge in [0.25, 0.3) is 5.91 Å². The smallest absolute Gasteiger partial charge is 0.273 e. The maximum atomic E-state index is 11.5. The normalized spacial score (nSPS) is 10.1. The van der Waals surface area contributed by atoms with Crippen LogP contribution in [0.3, 0.4) is 0 Å². The Hall–Kier alpha value is -1.88. The molecule has 0 saturated heterocycles. The number of benzene rings is 1. The second-order valence-electron chi connectivity index (χ2n) is 3.16. The lowest BCUT2D eigenvalue weighted by Crippen LogP contribution is -2.23. The quantitative estimate of drug-likeness (QED) is 0.846. The standard InChI is InChI=1S/C10H9ClN4O/c11-8-3-1-7(2-4-8)5-12-10(16)9-6-13-15-14-9/h1-4,6H,5H2,(H,12,16)(H,13,14,15). The summed E-state index contributed by atoms with van der Waals surface area (Å²) in [6.07, 6.45) is 1.37. The molecule has 0 aliphatic carbocycles. The molecule has 5 nitrogen and oxygen atoms in total. The SMILES string of the molecule is O=C(NCc1ccc(Cl)cc1)c1cn[nH]n1. The molecular formula is C10H9ClN4O. The van der Waals surface area contributed by atoms with Crippen molar-refractivity contribution in [3.8, 4) is 0 Å². The largest absolute Gasteiger partial charge is 0.347 e. The Morgan fingerprint density at radius 3 is 2.75 bits per heavy atom. The van der Waals surface area contributed by atoms with Gasteiger partial charge in [-0.25, -0.2) is 0 Å². The van der Waals surface area contributed by atoms with Gasteiger partial charge in [-0.2, -0.15) is 15.4 Å². The van der Waals surface area contributed by atoms with Gasteiger partial charge in [-0.05, 0) is 17.7 Å². The number of rotatable bonds is 3. The summed E-state index contributed by atoms with van der Waals surface area (Å²) in [5.74, 6) is -0.260. The Labute approximate surface area is 96.8 Å². The van der Waals surface area contributed by atoms with E-state index in [-0.39, 0.29) is 11.6 Å². The number of halogens is 1. The van der Waals surface area contributed by atoms with Gasteiger partial charge in [-0.15, -0.1) is 0 Å². The lowest BCUT2D eigenvalue weighted by molar-refractivity contribution is 0.0946. The number of hydrogen-bond acceptors (Lipinski definition) is 3. The third kappa shape index (κ3) is 2.58. The molecule has 1 amide bonds. The molecule has 0 atom stereocenters. The number of carbonyl (C=O) groups excluding carboxylic acids is 1. The van der Waals surface area contributed by atoms with Crippen LogP contribution in [-0.2, 0) is 6.54 Å². The average molecular weight is 237 g/mol. The van der Waals surface area contributed by atoms with Crippen LogP contribution in [0.2, 0.25) is 5.02 Å². The molecule has 0 spiro atoms. The first-order valence-corrected chi connectivity index (χ1v) is 5.02. The number of aromatic amines is 1. The minimum Gasteiger partial charge on any atom is -0.347 e. The van der Waals surface area contributed by atoms with Gasteiger partial charge in [0.1, 0.15) is 0 Å². The van der Waals surface area contributed by atoms with E-state index in [9.17, 15) is 4.79 Å². The zero-order valence-electron chi connectivity index (χ0n) is 8.27. The predicted octanol–water partition coefficient (Wildman–Crippen LogP) is 1.39. The Balaban J connectivity index is 1.93. The van der Waals surface area contributed by atoms with Gasteiger partial charge in [0.15, 0.2) is 5.69 Å². The number of nitrogens with zero attached hydrogens (tertiary/aromatic N) is 2. The maximum absolute atomic E-state index is 11.5. The van der Waals surface area contributed by atoms with E-state index in [4.69, 9.17) is 11.6 Å². The van der Waals surface area contributed by atoms with E-state index in [1.807, 2.05) is 12.1 Å². The molecule has 0 fully saturated rings. The summed E-state index contributed by atoms with van der Waals surface area (Å²) in [4.78, 5) is 11.5. The number of nitrogens with one attached hydrogen (secondary N) is 2. The van der Waals surface area contributed by atoms with E-state index in [0.717, 1.165) is 5.56 Å². The average Bonchev–Trinajstić information content (AvgIpc) is 2.81. The summed E-state index contributed by atoms with van der Waals surface area (Å²) in [6, 6.07) is 7.26. The van der Waals surface area contributed by atoms with Crippen molar-refractivity contribution >= 4 is 17.5 Å². The van der Waals surface area contributed by atoms with Crippen LogP contribution >= 0.6 is 11.6 Å². The van der Waals surface area contributed by atoms with Gasteiger partial charge in [-0.3, -0.25) is 4.79 Å². The molecule has 0 unspecified atom stereocenters. The zero-order chi connectivity index (χ0) is 11.4. The van der Waals surface area contributed by atoms with E-state index < -0.39 is 0 Å². The molecule has 0 saturated carbocycles. The summed E-state index contributed by atoms with van der Waals surface area (Å²) in [7, 11) is 0. The van der Waals surface area contributed by atoms with Crippen LogP contribution in [0.5, 0.6) is 0 Å². The maximum Gasteiger partial charge on any atom is 0.273 e. The molecule has 2 aromatic rings. The van der Waals surface area contributed by atoms with Crippen molar-refractivity contribution in [2.75, 3.05) is 0 Å². The topological polar surface area (TPSA) is 70.7 Å². The lowest BCUT2D eigenvalue weighted by atomic mass is 10.2. The first kappa shape index (κ1) is 10.6. The third-order valence-electron chi connectivity index (χ3n) is 2.01. The van der Waals surface area contributed by atoms with Crippen LogP contribution in [-0.4, -0.2) is 21.3 Å². The van der Waals surface area contributed by atoms with Gasteiger partial charge < -0.3 is 5.32 Å². The van der Waals surface area contributed by atoms with E-state index in [2.05, 4.69) is 20.7 Å². The highest BCUT2D eigenvalue weighted by Gasteiger charge is 2.07. The molecule has 82 valence electrons. The summed E-state index contributed by atoms with van der Waals surface area (Å²) in [5.41, 5.74) is 1.25. The Morgan fingerprint density at radius 1 is 1.38 bits per heavy atom. The van der Waals surface area contributed by atoms with E-state index in [1.54, 1.807) is 12.1 Å². The first-order chi connectivity index (χ1) is 7.75. The van der Waals surface area contributed by atoms with Crippen LogP contribution in [0.25, 0.3) is 0 Å². The van der Waals surface area contributed by atoms with Gasteiger partial charge in [0.05, 0.1) is 6.20 Å². The van der Waals surface area contributed by atoms with Crippen molar-refractivity contribution in [3.05, 3.63) is 46.7 Å². The molecule has 0 radical (unpaired) electrons. The van der Waals surface area contributed by atoms with Crippen LogP contribution in [0.4, 0.5) is 0 Å². The van der Waals surface area contributed by atoms with E-state index >= 15 is 0 Å². The minimum absolute atomic E-state index is 0.260. The molecule has 0 aliphatic rings. The first-order valence-electron chi connectivity index (χ1n) is 4.64. The molecule has 1 aromatic heterocycles. The molecule has 1 heterocycles. The number of carbonyl (C=O) groups is 1. The van der Waals surface area contributed by atoms with Gasteiger partial charge in [0.2, 0.25) is 0 Å². The van der Waals surface area contributed by atoms with Crippen LogP contribution in [0, 0.1) is 0 Å². The molecule has 0 bridgehead atoms. The summed E-state index contributed by atoms with van der Waals surface area (Å²) >= 11 is 5.75. The summed E-state index contributed by atoms with van der Waals surface area (Å²) < 4.78 is 0. The van der Waals surface area contributed by atoms with Crippen molar-refractivity contribution in [2.45, 2.75) is 6.54 Å².